The van der Waals surface area contributed by atoms with Crippen LogP contribution >= 0.6 is 11.6 Å². The highest BCUT2D eigenvalue weighted by atomic mass is 35.5. The lowest BCUT2D eigenvalue weighted by molar-refractivity contribution is -0.131. The summed E-state index contributed by atoms with van der Waals surface area (Å²) in [5.41, 5.74) is 10.3. The summed E-state index contributed by atoms with van der Waals surface area (Å²) in [6, 6.07) is 3.78. The molecular formula is C20H18ClN7O. The molecule has 4 aromatic heterocycles. The van der Waals surface area contributed by atoms with Gasteiger partial charge in [0.25, 0.3) is 0 Å². The van der Waals surface area contributed by atoms with Gasteiger partial charge in [0.2, 0.25) is 5.91 Å². The number of fused-ring (bicyclic) bond motifs is 5. The summed E-state index contributed by atoms with van der Waals surface area (Å²) in [6.07, 6.45) is 5.22. The Morgan fingerprint density at radius 2 is 2.14 bits per heavy atom. The second-order valence-corrected chi connectivity index (χ2v) is 8.31. The first-order valence-electron chi connectivity index (χ1n) is 9.52. The Morgan fingerprint density at radius 3 is 2.86 bits per heavy atom. The number of aromatic nitrogens is 5. The van der Waals surface area contributed by atoms with Crippen molar-refractivity contribution in [1.82, 2.24) is 29.4 Å². The summed E-state index contributed by atoms with van der Waals surface area (Å²) in [6.45, 7) is 2.77. The molecule has 1 aliphatic carbocycles. The van der Waals surface area contributed by atoms with Gasteiger partial charge in [0.1, 0.15) is 23.4 Å². The van der Waals surface area contributed by atoms with E-state index < -0.39 is 0 Å². The molecular weight excluding hydrogens is 390 g/mol. The van der Waals surface area contributed by atoms with Crippen LogP contribution in [0.3, 0.4) is 0 Å². The molecule has 1 fully saturated rings. The van der Waals surface area contributed by atoms with Crippen LogP contribution in [0.5, 0.6) is 0 Å². The second-order valence-electron chi connectivity index (χ2n) is 7.93. The SMILES string of the molecule is CC(=O)N1Cc2c(-c3[nH]c4ncccc4c3Cl)c3c(N)ncnc3n2C2(CC2)C1. The molecule has 6 rings (SSSR count). The van der Waals surface area contributed by atoms with Crippen molar-refractivity contribution in [2.24, 2.45) is 0 Å². The van der Waals surface area contributed by atoms with Crippen LogP contribution < -0.4 is 5.73 Å². The number of carbonyl (C=O) groups excluding carboxylic acids is 1. The topological polar surface area (TPSA) is 106 Å². The number of hydrogen-bond donors (Lipinski definition) is 2. The Morgan fingerprint density at radius 1 is 1.31 bits per heavy atom. The van der Waals surface area contributed by atoms with E-state index in [9.17, 15) is 4.79 Å². The number of hydrogen-bond acceptors (Lipinski definition) is 5. The Kier molecular flexibility index (Phi) is 3.17. The number of aromatic amines is 1. The highest BCUT2D eigenvalue weighted by molar-refractivity contribution is 6.38. The molecule has 0 saturated heterocycles. The summed E-state index contributed by atoms with van der Waals surface area (Å²) < 4.78 is 2.27. The smallest absolute Gasteiger partial charge is 0.219 e. The van der Waals surface area contributed by atoms with Gasteiger partial charge in [-0.1, -0.05) is 11.6 Å². The van der Waals surface area contributed by atoms with Crippen molar-refractivity contribution in [3.05, 3.63) is 35.4 Å². The number of nitrogen functional groups attached to an aromatic ring is 1. The summed E-state index contributed by atoms with van der Waals surface area (Å²) in [5.74, 6) is 0.460. The molecule has 4 aromatic rings. The maximum Gasteiger partial charge on any atom is 0.219 e. The molecule has 1 spiro atoms. The summed E-state index contributed by atoms with van der Waals surface area (Å²) >= 11 is 6.79. The van der Waals surface area contributed by atoms with Crippen LogP contribution in [0.25, 0.3) is 33.3 Å². The maximum atomic E-state index is 12.3. The largest absolute Gasteiger partial charge is 0.383 e. The van der Waals surface area contributed by atoms with E-state index in [1.807, 2.05) is 17.0 Å². The average molecular weight is 408 g/mol. The molecule has 29 heavy (non-hydrogen) atoms. The van der Waals surface area contributed by atoms with Crippen molar-refractivity contribution in [2.45, 2.75) is 31.8 Å². The summed E-state index contributed by atoms with van der Waals surface area (Å²) in [7, 11) is 0. The van der Waals surface area contributed by atoms with Gasteiger partial charge in [0.05, 0.1) is 28.2 Å². The summed E-state index contributed by atoms with van der Waals surface area (Å²) in [4.78, 5) is 30.8. The van der Waals surface area contributed by atoms with Crippen LogP contribution in [0.15, 0.2) is 24.7 Å². The highest BCUT2D eigenvalue weighted by Crippen LogP contribution is 2.53. The van der Waals surface area contributed by atoms with Crippen LogP contribution in [0, 0.1) is 0 Å². The third-order valence-electron chi connectivity index (χ3n) is 6.21. The number of nitrogens with two attached hydrogens (primary N) is 1. The number of rotatable bonds is 1. The number of pyridine rings is 1. The molecule has 1 aliphatic heterocycles. The minimum Gasteiger partial charge on any atom is -0.383 e. The first kappa shape index (κ1) is 16.8. The van der Waals surface area contributed by atoms with E-state index in [1.165, 1.54) is 6.33 Å². The standard InChI is InChI=1S/C20H18ClN7O/c1-10(29)27-7-12-13(16-15(21)11-3-2-6-23-18(11)26-16)14-17(22)24-9-25-19(14)28(12)20(8-27)4-5-20/h2-3,6,9H,4-5,7-8H2,1H3,(H,23,26)(H2,22,24,25). The highest BCUT2D eigenvalue weighted by Gasteiger charge is 2.52. The molecule has 2 aliphatic rings. The van der Waals surface area contributed by atoms with Gasteiger partial charge in [-0.15, -0.1) is 0 Å². The fourth-order valence-electron chi connectivity index (χ4n) is 4.69. The van der Waals surface area contributed by atoms with Gasteiger partial charge in [-0.25, -0.2) is 15.0 Å². The molecule has 0 radical (unpaired) electrons. The first-order chi connectivity index (χ1) is 14.0. The molecule has 8 nitrogen and oxygen atoms in total. The Balaban J connectivity index is 1.74. The van der Waals surface area contributed by atoms with E-state index in [4.69, 9.17) is 17.3 Å². The van der Waals surface area contributed by atoms with Crippen LogP contribution in [-0.4, -0.2) is 41.9 Å². The number of carbonyl (C=O) groups is 1. The van der Waals surface area contributed by atoms with E-state index in [-0.39, 0.29) is 11.4 Å². The lowest BCUT2D eigenvalue weighted by Crippen LogP contribution is -2.44. The number of amides is 1. The first-order valence-corrected chi connectivity index (χ1v) is 9.90. The molecule has 146 valence electrons. The van der Waals surface area contributed by atoms with Gasteiger partial charge >= 0.3 is 0 Å². The number of H-pyrrole nitrogens is 1. The third-order valence-corrected chi connectivity index (χ3v) is 6.60. The quantitative estimate of drug-likeness (QED) is 0.504. The van der Waals surface area contributed by atoms with Crippen molar-refractivity contribution < 1.29 is 4.79 Å². The van der Waals surface area contributed by atoms with E-state index in [0.717, 1.165) is 46.2 Å². The van der Waals surface area contributed by atoms with Crippen molar-refractivity contribution in [3.63, 3.8) is 0 Å². The monoisotopic (exact) mass is 407 g/mol. The Labute approximate surface area is 170 Å². The molecule has 9 heteroatoms. The lowest BCUT2D eigenvalue weighted by Gasteiger charge is -2.35. The second kappa shape index (κ2) is 5.48. The van der Waals surface area contributed by atoms with Crippen LogP contribution in [0.2, 0.25) is 5.02 Å². The molecule has 0 aromatic carbocycles. The van der Waals surface area contributed by atoms with E-state index in [2.05, 4.69) is 24.5 Å². The number of halogens is 1. The normalized spacial score (nSPS) is 17.2. The van der Waals surface area contributed by atoms with Crippen LogP contribution in [-0.2, 0) is 16.9 Å². The maximum absolute atomic E-state index is 12.3. The molecule has 0 bridgehead atoms. The van der Waals surface area contributed by atoms with Gasteiger partial charge in [0, 0.05) is 36.3 Å². The number of nitrogens with one attached hydrogen (secondary N) is 1. The predicted molar refractivity (Wildman–Crippen MR) is 110 cm³/mol. The van der Waals surface area contributed by atoms with Gasteiger partial charge in [-0.3, -0.25) is 4.79 Å². The van der Waals surface area contributed by atoms with Gasteiger partial charge < -0.3 is 20.2 Å². The van der Waals surface area contributed by atoms with Crippen molar-refractivity contribution in [1.29, 1.82) is 0 Å². The third kappa shape index (κ3) is 2.15. The number of nitrogens with zero attached hydrogens (tertiary/aromatic N) is 5. The zero-order chi connectivity index (χ0) is 19.9. The zero-order valence-electron chi connectivity index (χ0n) is 15.7. The van der Waals surface area contributed by atoms with Crippen LogP contribution in [0.1, 0.15) is 25.5 Å². The Bertz CT molecular complexity index is 1330. The van der Waals surface area contributed by atoms with Gasteiger partial charge in [0.15, 0.2) is 0 Å². The van der Waals surface area contributed by atoms with Crippen molar-refractivity contribution >= 4 is 45.4 Å². The Hall–Kier alpha value is -3.13. The molecule has 1 amide bonds. The average Bonchev–Trinajstić information content (AvgIpc) is 3.26. The fourth-order valence-corrected chi connectivity index (χ4v) is 4.98. The van der Waals surface area contributed by atoms with E-state index in [1.54, 1.807) is 13.1 Å². The molecule has 1 saturated carbocycles. The minimum absolute atomic E-state index is 0.0576. The van der Waals surface area contributed by atoms with Crippen molar-refractivity contribution in [3.8, 4) is 11.3 Å². The molecule has 0 atom stereocenters. The molecule has 3 N–H and O–H groups in total. The van der Waals surface area contributed by atoms with Gasteiger partial charge in [-0.2, -0.15) is 0 Å². The minimum atomic E-state index is -0.132. The number of anilines is 1. The van der Waals surface area contributed by atoms with Gasteiger partial charge in [-0.05, 0) is 25.0 Å². The summed E-state index contributed by atoms with van der Waals surface area (Å²) in [5, 5.41) is 2.19. The molecule has 0 unspecified atom stereocenters. The van der Waals surface area contributed by atoms with Crippen molar-refractivity contribution in [2.75, 3.05) is 12.3 Å². The fraction of sp³-hybridized carbons (Fsp3) is 0.300. The van der Waals surface area contributed by atoms with E-state index in [0.29, 0.717) is 29.6 Å². The molecule has 5 heterocycles. The lowest BCUT2D eigenvalue weighted by atomic mass is 10.1. The van der Waals surface area contributed by atoms with Crippen LogP contribution in [0.4, 0.5) is 5.82 Å². The van der Waals surface area contributed by atoms with E-state index >= 15 is 0 Å². The zero-order valence-corrected chi connectivity index (χ0v) is 16.5. The predicted octanol–water partition coefficient (Wildman–Crippen LogP) is 3.06.